The summed E-state index contributed by atoms with van der Waals surface area (Å²) in [5.41, 5.74) is 0. The molecule has 1 heterocycles. The van der Waals surface area contributed by atoms with Crippen molar-refractivity contribution in [3.05, 3.63) is 0 Å². The number of piperidine rings is 1. The van der Waals surface area contributed by atoms with Crippen LogP contribution >= 0.6 is 0 Å². The van der Waals surface area contributed by atoms with E-state index in [1.54, 1.807) is 0 Å². The summed E-state index contributed by atoms with van der Waals surface area (Å²) >= 11 is 0. The van der Waals surface area contributed by atoms with Gasteiger partial charge in [-0.1, -0.05) is 13.3 Å². The van der Waals surface area contributed by atoms with Crippen LogP contribution in [-0.2, 0) is 4.79 Å². The van der Waals surface area contributed by atoms with Crippen LogP contribution in [0.15, 0.2) is 0 Å². The first kappa shape index (κ1) is 9.63. The van der Waals surface area contributed by atoms with E-state index in [1.165, 1.54) is 32.4 Å². The van der Waals surface area contributed by atoms with E-state index >= 15 is 0 Å². The molecule has 0 aromatic heterocycles. The second kappa shape index (κ2) is 8.63. The number of hydrogen-bond donors (Lipinski definition) is 1. The average Bonchev–Trinajstić information content (AvgIpc) is 2.08. The summed E-state index contributed by atoms with van der Waals surface area (Å²) in [7, 11) is 0. The molecule has 60 valence electrons. The minimum atomic E-state index is 0.639. The molecule has 1 aliphatic rings. The lowest BCUT2D eigenvalue weighted by Crippen LogP contribution is -2.21. The van der Waals surface area contributed by atoms with Gasteiger partial charge in [0, 0.05) is 6.42 Å². The predicted molar refractivity (Wildman–Crippen MR) is 43.1 cm³/mol. The number of nitrogens with one attached hydrogen (secondary N) is 1. The maximum atomic E-state index is 9.17. The van der Waals surface area contributed by atoms with Crippen LogP contribution in [0.5, 0.6) is 0 Å². The first-order valence-electron chi connectivity index (χ1n) is 4.06. The smallest absolute Gasteiger partial charge is 0.119 e. The van der Waals surface area contributed by atoms with Crippen molar-refractivity contribution in [2.24, 2.45) is 0 Å². The lowest BCUT2D eigenvalue weighted by molar-refractivity contribution is -0.107. The van der Waals surface area contributed by atoms with Gasteiger partial charge in [-0.3, -0.25) is 0 Å². The monoisotopic (exact) mass is 143 g/mol. The molecular formula is C8H17NO. The van der Waals surface area contributed by atoms with Gasteiger partial charge in [0.1, 0.15) is 6.29 Å². The summed E-state index contributed by atoms with van der Waals surface area (Å²) in [6.45, 7) is 4.31. The second-order valence-electron chi connectivity index (χ2n) is 2.39. The molecule has 1 rings (SSSR count). The Morgan fingerprint density at radius 1 is 1.30 bits per heavy atom. The van der Waals surface area contributed by atoms with Crippen molar-refractivity contribution in [1.29, 1.82) is 0 Å². The summed E-state index contributed by atoms with van der Waals surface area (Å²) in [5.74, 6) is 0. The molecule has 1 N–H and O–H groups in total. The van der Waals surface area contributed by atoms with Gasteiger partial charge in [0.25, 0.3) is 0 Å². The summed E-state index contributed by atoms with van der Waals surface area (Å²) in [6.07, 6.45) is 5.73. The fourth-order valence-electron chi connectivity index (χ4n) is 0.802. The lowest BCUT2D eigenvalue weighted by Gasteiger charge is -2.08. The van der Waals surface area contributed by atoms with Gasteiger partial charge in [-0.05, 0) is 25.9 Å². The van der Waals surface area contributed by atoms with Crippen molar-refractivity contribution in [1.82, 2.24) is 5.32 Å². The molecule has 1 aliphatic heterocycles. The van der Waals surface area contributed by atoms with Gasteiger partial charge >= 0.3 is 0 Å². The minimum Gasteiger partial charge on any atom is -0.317 e. The zero-order valence-electron chi connectivity index (χ0n) is 6.73. The van der Waals surface area contributed by atoms with Crippen LogP contribution in [0.2, 0.25) is 0 Å². The topological polar surface area (TPSA) is 29.1 Å². The summed E-state index contributed by atoms with van der Waals surface area (Å²) in [4.78, 5) is 9.17. The molecule has 10 heavy (non-hydrogen) atoms. The number of rotatable bonds is 1. The lowest BCUT2D eigenvalue weighted by atomic mass is 10.2. The molecule has 0 aromatic carbocycles. The highest BCUT2D eigenvalue weighted by molar-refractivity contribution is 5.48. The Labute approximate surface area is 63.0 Å². The Balaban J connectivity index is 0.000000180. The summed E-state index contributed by atoms with van der Waals surface area (Å²) in [6, 6.07) is 0. The first-order valence-corrected chi connectivity index (χ1v) is 4.06. The highest BCUT2D eigenvalue weighted by atomic mass is 16.1. The van der Waals surface area contributed by atoms with Crippen LogP contribution in [0, 0.1) is 0 Å². The maximum absolute atomic E-state index is 9.17. The van der Waals surface area contributed by atoms with E-state index in [0.29, 0.717) is 6.42 Å². The minimum absolute atomic E-state index is 0.639. The predicted octanol–water partition coefficient (Wildman–Crippen LogP) is 1.36. The quantitative estimate of drug-likeness (QED) is 0.561. The van der Waals surface area contributed by atoms with Gasteiger partial charge in [-0.15, -0.1) is 0 Å². The van der Waals surface area contributed by atoms with Gasteiger partial charge in [0.2, 0.25) is 0 Å². The van der Waals surface area contributed by atoms with E-state index < -0.39 is 0 Å². The average molecular weight is 143 g/mol. The molecule has 1 fully saturated rings. The zero-order valence-corrected chi connectivity index (χ0v) is 6.73. The van der Waals surface area contributed by atoms with Gasteiger partial charge in [0.15, 0.2) is 0 Å². The van der Waals surface area contributed by atoms with E-state index in [2.05, 4.69) is 5.32 Å². The molecule has 0 saturated carbocycles. The largest absolute Gasteiger partial charge is 0.317 e. The highest BCUT2D eigenvalue weighted by Crippen LogP contribution is 1.96. The summed E-state index contributed by atoms with van der Waals surface area (Å²) in [5, 5.41) is 3.28. The molecule has 2 heteroatoms. The number of carbonyl (C=O) groups excluding carboxylic acids is 1. The Morgan fingerprint density at radius 2 is 1.80 bits per heavy atom. The second-order valence-corrected chi connectivity index (χ2v) is 2.39. The van der Waals surface area contributed by atoms with Crippen molar-refractivity contribution in [3.8, 4) is 0 Å². The highest BCUT2D eigenvalue weighted by Gasteiger charge is 1.93. The van der Waals surface area contributed by atoms with E-state index in [1.807, 2.05) is 6.92 Å². The Bertz CT molecular complexity index is 58.1. The van der Waals surface area contributed by atoms with Crippen LogP contribution < -0.4 is 5.32 Å². The van der Waals surface area contributed by atoms with Crippen molar-refractivity contribution in [3.63, 3.8) is 0 Å². The third kappa shape index (κ3) is 7.63. The van der Waals surface area contributed by atoms with Crippen LogP contribution in [0.4, 0.5) is 0 Å². The van der Waals surface area contributed by atoms with Crippen LogP contribution in [0.1, 0.15) is 32.6 Å². The fraction of sp³-hybridized carbons (Fsp3) is 0.875. The molecule has 2 nitrogen and oxygen atoms in total. The molecular weight excluding hydrogens is 126 g/mol. The molecule has 1 saturated heterocycles. The third-order valence-electron chi connectivity index (χ3n) is 1.37. The van der Waals surface area contributed by atoms with E-state index in [-0.39, 0.29) is 0 Å². The van der Waals surface area contributed by atoms with Crippen molar-refractivity contribution in [2.45, 2.75) is 32.6 Å². The summed E-state index contributed by atoms with van der Waals surface area (Å²) < 4.78 is 0. The molecule has 0 unspecified atom stereocenters. The van der Waals surface area contributed by atoms with E-state index in [9.17, 15) is 4.79 Å². The Hall–Kier alpha value is -0.370. The van der Waals surface area contributed by atoms with Gasteiger partial charge in [0.05, 0.1) is 0 Å². The standard InChI is InChI=1S/C5H11N.C3H6O/c1-2-4-6-5-3-1;1-2-3-4/h6H,1-5H2;3H,2H2,1H3. The number of hydrogen-bond acceptors (Lipinski definition) is 2. The molecule has 0 aliphatic carbocycles. The van der Waals surface area contributed by atoms with Gasteiger partial charge in [-0.2, -0.15) is 0 Å². The molecule has 0 radical (unpaired) electrons. The normalized spacial score (nSPS) is 16.9. The zero-order chi connectivity index (χ0) is 7.66. The van der Waals surface area contributed by atoms with Crippen molar-refractivity contribution >= 4 is 6.29 Å². The number of aldehydes is 1. The molecule has 0 bridgehead atoms. The van der Waals surface area contributed by atoms with Crippen LogP contribution in [0.3, 0.4) is 0 Å². The van der Waals surface area contributed by atoms with E-state index in [0.717, 1.165) is 6.29 Å². The molecule has 0 spiro atoms. The first-order chi connectivity index (χ1) is 4.91. The van der Waals surface area contributed by atoms with Crippen molar-refractivity contribution < 1.29 is 4.79 Å². The van der Waals surface area contributed by atoms with E-state index in [4.69, 9.17) is 0 Å². The maximum Gasteiger partial charge on any atom is 0.119 e. The van der Waals surface area contributed by atoms with Gasteiger partial charge in [-0.25, -0.2) is 0 Å². The molecule has 0 atom stereocenters. The Kier molecular flexibility index (Phi) is 8.31. The number of carbonyl (C=O) groups is 1. The molecule has 0 aromatic rings. The molecule has 0 amide bonds. The van der Waals surface area contributed by atoms with Gasteiger partial charge < -0.3 is 10.1 Å². The van der Waals surface area contributed by atoms with Crippen LogP contribution in [-0.4, -0.2) is 19.4 Å². The van der Waals surface area contributed by atoms with Crippen molar-refractivity contribution in [2.75, 3.05) is 13.1 Å². The SMILES string of the molecule is C1CCNCC1.CCC=O. The third-order valence-corrected chi connectivity index (χ3v) is 1.37. The fourth-order valence-corrected chi connectivity index (χ4v) is 0.802. The Morgan fingerprint density at radius 3 is 1.90 bits per heavy atom. The van der Waals surface area contributed by atoms with Crippen LogP contribution in [0.25, 0.3) is 0 Å².